The highest BCUT2D eigenvalue weighted by molar-refractivity contribution is 7.80. The Labute approximate surface area is 161 Å². The van der Waals surface area contributed by atoms with E-state index >= 15 is 0 Å². The molecule has 128 valence electrons. The quantitative estimate of drug-likeness (QED) is 0.671. The van der Waals surface area contributed by atoms with Crippen LogP contribution < -0.4 is 10.1 Å². The van der Waals surface area contributed by atoms with E-state index in [2.05, 4.69) is 27.8 Å². The molecule has 25 heavy (non-hydrogen) atoms. The molecule has 0 aliphatic carbocycles. The normalized spacial score (nSPS) is 11.5. The molecule has 0 fully saturated rings. The molecule has 0 bridgehead atoms. The molecule has 0 atom stereocenters. The van der Waals surface area contributed by atoms with E-state index in [9.17, 15) is 0 Å². The molecule has 3 nitrogen and oxygen atoms in total. The smallest absolute Gasteiger partial charge is 0.195 e. The van der Waals surface area contributed by atoms with Gasteiger partial charge in [-0.2, -0.15) is 4.99 Å². The third kappa shape index (κ3) is 4.78. The fourth-order valence-electron chi connectivity index (χ4n) is 2.44. The minimum atomic E-state index is 0.510. The number of nitrogens with zero attached hydrogens (tertiary/aromatic N) is 2. The van der Waals surface area contributed by atoms with Crippen LogP contribution in [0.3, 0.4) is 0 Å². The van der Waals surface area contributed by atoms with E-state index in [0.717, 1.165) is 34.0 Å². The van der Waals surface area contributed by atoms with Crippen molar-refractivity contribution in [1.82, 2.24) is 9.88 Å². The minimum absolute atomic E-state index is 0.510. The Kier molecular flexibility index (Phi) is 6.02. The lowest BCUT2D eigenvalue weighted by Gasteiger charge is -2.05. The monoisotopic (exact) mass is 387 g/mol. The summed E-state index contributed by atoms with van der Waals surface area (Å²) < 4.78 is 2.04. The molecule has 1 aromatic heterocycles. The predicted molar refractivity (Wildman–Crippen MR) is 110 cm³/mol. The maximum absolute atomic E-state index is 5.96. The van der Waals surface area contributed by atoms with Gasteiger partial charge >= 0.3 is 0 Å². The van der Waals surface area contributed by atoms with E-state index in [1.165, 1.54) is 5.56 Å². The number of benzene rings is 2. The molecule has 2 aromatic carbocycles. The average Bonchev–Trinajstić information content (AvgIpc) is 2.97. The summed E-state index contributed by atoms with van der Waals surface area (Å²) in [4.78, 5) is 5.39. The van der Waals surface area contributed by atoms with Gasteiger partial charge in [-0.3, -0.25) is 0 Å². The van der Waals surface area contributed by atoms with E-state index in [1.807, 2.05) is 54.1 Å². The highest BCUT2D eigenvalue weighted by atomic mass is 35.5. The van der Waals surface area contributed by atoms with Gasteiger partial charge in [0.1, 0.15) is 0 Å². The molecule has 0 radical (unpaired) electrons. The SMILES string of the molecule is Cn1c(-c2ccc(Cl)cc2)cs/c1=N\C(=S)NCCc1ccccc1. The summed E-state index contributed by atoms with van der Waals surface area (Å²) in [6.45, 7) is 0.769. The van der Waals surface area contributed by atoms with Gasteiger partial charge < -0.3 is 9.88 Å². The zero-order valence-corrected chi connectivity index (χ0v) is 16.2. The van der Waals surface area contributed by atoms with Crippen LogP contribution in [0.5, 0.6) is 0 Å². The van der Waals surface area contributed by atoms with Crippen LogP contribution in [0.15, 0.2) is 65.0 Å². The lowest BCUT2D eigenvalue weighted by molar-refractivity contribution is 0.852. The van der Waals surface area contributed by atoms with Gasteiger partial charge in [0.15, 0.2) is 9.91 Å². The Hall–Kier alpha value is -1.95. The number of thiazole rings is 1. The van der Waals surface area contributed by atoms with Gasteiger partial charge in [0, 0.05) is 24.0 Å². The van der Waals surface area contributed by atoms with Gasteiger partial charge in [0.05, 0.1) is 5.69 Å². The first-order chi connectivity index (χ1) is 12.1. The molecular weight excluding hydrogens is 370 g/mol. The highest BCUT2D eigenvalue weighted by Crippen LogP contribution is 2.21. The molecule has 0 amide bonds. The maximum Gasteiger partial charge on any atom is 0.195 e. The summed E-state index contributed by atoms with van der Waals surface area (Å²) in [6, 6.07) is 18.1. The standard InChI is InChI=1S/C19H18ClN3S2/c1-23-17(15-7-9-16(20)10-8-15)13-25-19(23)22-18(24)21-12-11-14-5-3-2-4-6-14/h2-10,13H,11-12H2,1H3,(H,21,24)/b22-19-. The lowest BCUT2D eigenvalue weighted by Crippen LogP contribution is -2.25. The Bertz CT molecular complexity index is 912. The largest absolute Gasteiger partial charge is 0.360 e. The number of hydrogen-bond donors (Lipinski definition) is 1. The van der Waals surface area contributed by atoms with Gasteiger partial charge in [0.25, 0.3) is 0 Å². The van der Waals surface area contributed by atoms with Gasteiger partial charge in [-0.05, 0) is 41.9 Å². The first-order valence-corrected chi connectivity index (χ1v) is 9.57. The van der Waals surface area contributed by atoms with E-state index in [4.69, 9.17) is 23.8 Å². The molecule has 3 aromatic rings. The maximum atomic E-state index is 5.96. The summed E-state index contributed by atoms with van der Waals surface area (Å²) in [5.74, 6) is 0. The van der Waals surface area contributed by atoms with Crippen molar-refractivity contribution in [3.63, 3.8) is 0 Å². The van der Waals surface area contributed by atoms with Crippen LogP contribution in [0.4, 0.5) is 0 Å². The summed E-state index contributed by atoms with van der Waals surface area (Å²) >= 11 is 12.9. The summed E-state index contributed by atoms with van der Waals surface area (Å²) in [5.41, 5.74) is 3.48. The van der Waals surface area contributed by atoms with Gasteiger partial charge in [-0.1, -0.05) is 54.1 Å². The third-order valence-electron chi connectivity index (χ3n) is 3.79. The van der Waals surface area contributed by atoms with E-state index in [0.29, 0.717) is 5.11 Å². The molecule has 0 aliphatic rings. The first-order valence-electron chi connectivity index (χ1n) is 7.90. The highest BCUT2D eigenvalue weighted by Gasteiger charge is 2.05. The molecule has 0 unspecified atom stereocenters. The Morgan fingerprint density at radius 2 is 1.88 bits per heavy atom. The second-order valence-electron chi connectivity index (χ2n) is 5.55. The molecule has 1 N–H and O–H groups in total. The van der Waals surface area contributed by atoms with Crippen molar-refractivity contribution in [2.75, 3.05) is 6.54 Å². The molecule has 0 spiro atoms. The van der Waals surface area contributed by atoms with E-state index in [1.54, 1.807) is 11.3 Å². The molecule has 6 heteroatoms. The van der Waals surface area contributed by atoms with Crippen molar-refractivity contribution in [3.8, 4) is 11.3 Å². The summed E-state index contributed by atoms with van der Waals surface area (Å²) in [7, 11) is 1.99. The van der Waals surface area contributed by atoms with E-state index < -0.39 is 0 Å². The van der Waals surface area contributed by atoms with Gasteiger partial charge in [-0.25, -0.2) is 0 Å². The number of thiocarbonyl (C=S) groups is 1. The van der Waals surface area contributed by atoms with Crippen molar-refractivity contribution >= 4 is 40.3 Å². The number of hydrogen-bond acceptors (Lipinski definition) is 2. The number of rotatable bonds is 4. The number of halogens is 1. The number of nitrogens with one attached hydrogen (secondary N) is 1. The van der Waals surface area contributed by atoms with Crippen molar-refractivity contribution in [2.45, 2.75) is 6.42 Å². The molecule has 3 rings (SSSR count). The molecule has 0 saturated heterocycles. The van der Waals surface area contributed by atoms with Crippen LogP contribution >= 0.6 is 35.2 Å². The van der Waals surface area contributed by atoms with Crippen LogP contribution in [0.25, 0.3) is 11.3 Å². The predicted octanol–water partition coefficient (Wildman–Crippen LogP) is 4.42. The second-order valence-corrected chi connectivity index (χ2v) is 7.21. The zero-order chi connectivity index (χ0) is 17.6. The molecular formula is C19H18ClN3S2. The van der Waals surface area contributed by atoms with Crippen LogP contribution in [-0.2, 0) is 13.5 Å². The van der Waals surface area contributed by atoms with Crippen molar-refractivity contribution in [3.05, 3.63) is 75.4 Å². The van der Waals surface area contributed by atoms with E-state index in [-0.39, 0.29) is 0 Å². The fourth-order valence-corrected chi connectivity index (χ4v) is 3.72. The van der Waals surface area contributed by atoms with Crippen LogP contribution in [0, 0.1) is 0 Å². The fraction of sp³-hybridized carbons (Fsp3) is 0.158. The zero-order valence-electron chi connectivity index (χ0n) is 13.8. The Morgan fingerprint density at radius 1 is 1.16 bits per heavy atom. The Balaban J connectivity index is 1.67. The Morgan fingerprint density at radius 3 is 2.60 bits per heavy atom. The van der Waals surface area contributed by atoms with Crippen molar-refractivity contribution in [2.24, 2.45) is 12.0 Å². The summed E-state index contributed by atoms with van der Waals surface area (Å²) in [5, 5.41) is 6.52. The van der Waals surface area contributed by atoms with Crippen LogP contribution in [0.1, 0.15) is 5.56 Å². The van der Waals surface area contributed by atoms with Crippen molar-refractivity contribution < 1.29 is 0 Å². The van der Waals surface area contributed by atoms with Gasteiger partial charge in [0.2, 0.25) is 0 Å². The molecule has 1 heterocycles. The topological polar surface area (TPSA) is 29.3 Å². The number of aromatic nitrogens is 1. The molecule has 0 aliphatic heterocycles. The lowest BCUT2D eigenvalue weighted by atomic mass is 10.1. The van der Waals surface area contributed by atoms with Gasteiger partial charge in [-0.15, -0.1) is 11.3 Å². The van der Waals surface area contributed by atoms with Crippen molar-refractivity contribution in [1.29, 1.82) is 0 Å². The first kappa shape index (κ1) is 17.9. The summed E-state index contributed by atoms with van der Waals surface area (Å²) in [6.07, 6.45) is 0.920. The third-order valence-corrected chi connectivity index (χ3v) is 5.20. The second kappa shape index (κ2) is 8.43. The average molecular weight is 388 g/mol. The van der Waals surface area contributed by atoms with Crippen LogP contribution in [-0.4, -0.2) is 16.2 Å². The van der Waals surface area contributed by atoms with Crippen LogP contribution in [0.2, 0.25) is 5.02 Å². The molecule has 0 saturated carbocycles. The minimum Gasteiger partial charge on any atom is -0.360 e.